The van der Waals surface area contributed by atoms with Crippen molar-refractivity contribution in [2.45, 2.75) is 82.9 Å². The molecular weight excluding hydrogens is 250 g/mol. The van der Waals surface area contributed by atoms with E-state index in [-0.39, 0.29) is 0 Å². The summed E-state index contributed by atoms with van der Waals surface area (Å²) in [6, 6.07) is 0.789. The lowest BCUT2D eigenvalue weighted by Crippen LogP contribution is -2.46. The zero-order valence-electron chi connectivity index (χ0n) is 13.4. The average molecular weight is 284 g/mol. The number of hydrogen-bond donors (Lipinski definition) is 1. The van der Waals surface area contributed by atoms with Crippen LogP contribution in [0.15, 0.2) is 0 Å². The monoisotopic (exact) mass is 283 g/mol. The maximum atomic E-state index is 3.91. The van der Waals surface area contributed by atoms with Crippen molar-refractivity contribution in [2.24, 2.45) is 11.3 Å². The molecule has 0 bridgehead atoms. The van der Waals surface area contributed by atoms with Crippen LogP contribution in [-0.4, -0.2) is 23.6 Å². The molecule has 2 atom stereocenters. The van der Waals surface area contributed by atoms with Gasteiger partial charge in [-0.25, -0.2) is 0 Å². The number of hydrogen-bond acceptors (Lipinski definition) is 2. The Morgan fingerprint density at radius 2 is 1.79 bits per heavy atom. The topological polar surface area (TPSA) is 12.0 Å². The van der Waals surface area contributed by atoms with Crippen molar-refractivity contribution in [3.05, 3.63) is 0 Å². The third-order valence-electron chi connectivity index (χ3n) is 5.60. The highest BCUT2D eigenvalue weighted by molar-refractivity contribution is 8.00. The van der Waals surface area contributed by atoms with E-state index in [0.717, 1.165) is 12.0 Å². The van der Waals surface area contributed by atoms with Gasteiger partial charge in [0.05, 0.1) is 0 Å². The number of thioether (sulfide) groups is 1. The average Bonchev–Trinajstić information content (AvgIpc) is 2.53. The molecule has 0 aliphatic heterocycles. The molecule has 1 N–H and O–H groups in total. The number of nitrogens with one attached hydrogen (secondary N) is 1. The Bertz CT molecular complexity index is 272. The van der Waals surface area contributed by atoms with Crippen molar-refractivity contribution in [1.82, 2.24) is 5.32 Å². The minimum Gasteiger partial charge on any atom is -0.313 e. The van der Waals surface area contributed by atoms with E-state index in [1.54, 1.807) is 0 Å². The molecule has 0 heterocycles. The van der Waals surface area contributed by atoms with Gasteiger partial charge in [-0.15, -0.1) is 0 Å². The van der Waals surface area contributed by atoms with E-state index < -0.39 is 0 Å². The molecule has 1 nitrogen and oxygen atoms in total. The highest BCUT2D eigenvalue weighted by Crippen LogP contribution is 2.42. The minimum atomic E-state index is 0.503. The summed E-state index contributed by atoms with van der Waals surface area (Å²) < 4.78 is 0.593. The van der Waals surface area contributed by atoms with Gasteiger partial charge in [0.1, 0.15) is 0 Å². The summed E-state index contributed by atoms with van der Waals surface area (Å²) >= 11 is 2.10. The Morgan fingerprint density at radius 1 is 1.05 bits per heavy atom. The van der Waals surface area contributed by atoms with Gasteiger partial charge in [-0.1, -0.05) is 33.6 Å². The molecule has 2 rings (SSSR count). The zero-order chi connectivity index (χ0) is 13.9. The standard InChI is InChI=1S/C17H33NS/c1-16(2,3)14-7-5-8-15(10-9-14)18-13-17(19-4)11-6-12-17/h14-15,18H,5-13H2,1-4H3. The van der Waals surface area contributed by atoms with Crippen LogP contribution in [0.3, 0.4) is 0 Å². The van der Waals surface area contributed by atoms with Crippen LogP contribution >= 0.6 is 11.8 Å². The molecule has 0 saturated heterocycles. The van der Waals surface area contributed by atoms with E-state index in [1.165, 1.54) is 57.9 Å². The lowest BCUT2D eigenvalue weighted by Gasteiger charge is -2.41. The molecule has 0 radical (unpaired) electrons. The van der Waals surface area contributed by atoms with E-state index in [9.17, 15) is 0 Å². The van der Waals surface area contributed by atoms with Gasteiger partial charge in [0.25, 0.3) is 0 Å². The van der Waals surface area contributed by atoms with Gasteiger partial charge in [-0.05, 0) is 56.1 Å². The third-order valence-corrected chi connectivity index (χ3v) is 7.02. The Hall–Kier alpha value is 0.310. The Morgan fingerprint density at radius 3 is 2.32 bits per heavy atom. The normalized spacial score (nSPS) is 31.6. The molecule has 2 heteroatoms. The van der Waals surface area contributed by atoms with Crippen LogP contribution in [0.25, 0.3) is 0 Å². The lowest BCUT2D eigenvalue weighted by atomic mass is 9.76. The summed E-state index contributed by atoms with van der Waals surface area (Å²) in [7, 11) is 0. The Labute approximate surface area is 124 Å². The molecule has 112 valence electrons. The molecule has 0 amide bonds. The summed E-state index contributed by atoms with van der Waals surface area (Å²) in [5.74, 6) is 0.928. The van der Waals surface area contributed by atoms with Gasteiger partial charge in [0.2, 0.25) is 0 Å². The molecule has 2 aliphatic rings. The molecule has 0 aromatic rings. The van der Waals surface area contributed by atoms with E-state index in [0.29, 0.717) is 10.2 Å². The predicted molar refractivity (Wildman–Crippen MR) is 87.9 cm³/mol. The SMILES string of the molecule is CSC1(CNC2CCCC(C(C)(C)C)CC2)CCC1. The van der Waals surface area contributed by atoms with Gasteiger partial charge in [0, 0.05) is 17.3 Å². The molecule has 2 unspecified atom stereocenters. The zero-order valence-corrected chi connectivity index (χ0v) is 14.2. The van der Waals surface area contributed by atoms with Crippen molar-refractivity contribution in [2.75, 3.05) is 12.8 Å². The first kappa shape index (κ1) is 15.7. The summed E-state index contributed by atoms with van der Waals surface area (Å²) in [6.07, 6.45) is 13.7. The van der Waals surface area contributed by atoms with Crippen molar-refractivity contribution < 1.29 is 0 Å². The molecule has 0 aromatic carbocycles. The largest absolute Gasteiger partial charge is 0.313 e. The van der Waals surface area contributed by atoms with Gasteiger partial charge in [-0.2, -0.15) is 11.8 Å². The van der Waals surface area contributed by atoms with E-state index in [4.69, 9.17) is 0 Å². The second kappa shape index (κ2) is 6.39. The fourth-order valence-corrected chi connectivity index (χ4v) is 4.65. The highest BCUT2D eigenvalue weighted by atomic mass is 32.2. The van der Waals surface area contributed by atoms with Crippen LogP contribution in [-0.2, 0) is 0 Å². The molecule has 0 spiro atoms. The van der Waals surface area contributed by atoms with Crippen molar-refractivity contribution in [3.63, 3.8) is 0 Å². The first-order chi connectivity index (χ1) is 8.95. The fourth-order valence-electron chi connectivity index (χ4n) is 3.73. The number of rotatable bonds is 4. The van der Waals surface area contributed by atoms with E-state index in [2.05, 4.69) is 44.1 Å². The first-order valence-corrected chi connectivity index (χ1v) is 9.46. The molecule has 0 aromatic heterocycles. The summed E-state index contributed by atoms with van der Waals surface area (Å²) in [5.41, 5.74) is 0.503. The van der Waals surface area contributed by atoms with E-state index in [1.807, 2.05) is 0 Å². The molecule has 2 aliphatic carbocycles. The maximum Gasteiger partial charge on any atom is 0.0281 e. The highest BCUT2D eigenvalue weighted by Gasteiger charge is 2.36. The summed E-state index contributed by atoms with van der Waals surface area (Å²) in [6.45, 7) is 8.51. The molecule has 2 saturated carbocycles. The maximum absolute atomic E-state index is 3.91. The minimum absolute atomic E-state index is 0.503. The molecular formula is C17H33NS. The van der Waals surface area contributed by atoms with Crippen LogP contribution in [0.1, 0.15) is 72.1 Å². The Balaban J connectivity index is 1.77. The van der Waals surface area contributed by atoms with Gasteiger partial charge < -0.3 is 5.32 Å². The van der Waals surface area contributed by atoms with Crippen molar-refractivity contribution >= 4 is 11.8 Å². The first-order valence-electron chi connectivity index (χ1n) is 8.24. The van der Waals surface area contributed by atoms with E-state index >= 15 is 0 Å². The second-order valence-corrected chi connectivity index (χ2v) is 9.16. The van der Waals surface area contributed by atoms with Gasteiger partial charge in [0.15, 0.2) is 0 Å². The lowest BCUT2D eigenvalue weighted by molar-refractivity contribution is 0.213. The fraction of sp³-hybridized carbons (Fsp3) is 1.00. The van der Waals surface area contributed by atoms with Crippen LogP contribution in [0.2, 0.25) is 0 Å². The summed E-state index contributed by atoms with van der Waals surface area (Å²) in [4.78, 5) is 0. The Kier molecular flexibility index (Phi) is 5.28. The smallest absolute Gasteiger partial charge is 0.0281 e. The van der Waals surface area contributed by atoms with Crippen LogP contribution in [0, 0.1) is 11.3 Å². The van der Waals surface area contributed by atoms with Gasteiger partial charge in [-0.3, -0.25) is 0 Å². The van der Waals surface area contributed by atoms with Crippen molar-refractivity contribution in [1.29, 1.82) is 0 Å². The third kappa shape index (κ3) is 4.14. The molecule has 19 heavy (non-hydrogen) atoms. The predicted octanol–water partition coefficient (Wildman–Crippen LogP) is 4.86. The second-order valence-electron chi connectivity index (χ2n) is 7.89. The van der Waals surface area contributed by atoms with Gasteiger partial charge >= 0.3 is 0 Å². The molecule has 2 fully saturated rings. The van der Waals surface area contributed by atoms with Crippen LogP contribution < -0.4 is 5.32 Å². The summed E-state index contributed by atoms with van der Waals surface area (Å²) in [5, 5.41) is 3.91. The van der Waals surface area contributed by atoms with Crippen LogP contribution in [0.4, 0.5) is 0 Å². The quantitative estimate of drug-likeness (QED) is 0.740. The van der Waals surface area contributed by atoms with Crippen molar-refractivity contribution in [3.8, 4) is 0 Å². The van der Waals surface area contributed by atoms with Crippen LogP contribution in [0.5, 0.6) is 0 Å².